The average molecular weight is 530 g/mol. The molecule has 2 aromatic carbocycles. The molecule has 1 aliphatic heterocycles. The maximum absolute atomic E-state index is 13.6. The zero-order valence-electron chi connectivity index (χ0n) is 18.1. The summed E-state index contributed by atoms with van der Waals surface area (Å²) in [5, 5.41) is 1.12. The molecule has 7 nitrogen and oxygen atoms in total. The predicted molar refractivity (Wildman–Crippen MR) is 135 cm³/mol. The molecule has 1 fully saturated rings. The van der Waals surface area contributed by atoms with E-state index >= 15 is 0 Å². The molecule has 0 saturated carbocycles. The van der Waals surface area contributed by atoms with Crippen molar-refractivity contribution in [3.63, 3.8) is 0 Å². The zero-order chi connectivity index (χ0) is 22.7. The lowest BCUT2D eigenvalue weighted by molar-refractivity contribution is 0.0376. The van der Waals surface area contributed by atoms with Gasteiger partial charge in [-0.1, -0.05) is 35.1 Å². The molecule has 1 saturated heterocycles. The summed E-state index contributed by atoms with van der Waals surface area (Å²) in [7, 11) is -3.57. The highest BCUT2D eigenvalue weighted by Crippen LogP contribution is 2.32. The molecule has 0 radical (unpaired) electrons. The second kappa shape index (κ2) is 11.1. The fraction of sp³-hybridized carbons (Fsp3) is 0.364. The van der Waals surface area contributed by atoms with Crippen molar-refractivity contribution < 1.29 is 17.9 Å². The Hall–Kier alpha value is -1.75. The molecule has 2 heterocycles. The topological polar surface area (TPSA) is 79.8 Å². The lowest BCUT2D eigenvalue weighted by Crippen LogP contribution is -2.39. The molecule has 1 amide bonds. The monoisotopic (exact) mass is 529 g/mol. The van der Waals surface area contributed by atoms with E-state index in [2.05, 4.69) is 9.88 Å². The number of rotatable bonds is 7. The number of benzene rings is 2. The highest BCUT2D eigenvalue weighted by Gasteiger charge is 2.26. The third-order valence-corrected chi connectivity index (χ3v) is 7.72. The van der Waals surface area contributed by atoms with Crippen LogP contribution in [-0.2, 0) is 14.6 Å². The van der Waals surface area contributed by atoms with Crippen molar-refractivity contribution in [2.75, 3.05) is 50.5 Å². The first-order valence-electron chi connectivity index (χ1n) is 10.3. The number of sulfone groups is 1. The van der Waals surface area contributed by atoms with Crippen molar-refractivity contribution in [1.82, 2.24) is 9.88 Å². The van der Waals surface area contributed by atoms with E-state index in [-0.39, 0.29) is 28.8 Å². The number of hydrogen-bond acceptors (Lipinski definition) is 7. The molecule has 0 spiro atoms. The number of anilines is 1. The Morgan fingerprint density at radius 3 is 2.67 bits per heavy atom. The third-order valence-electron chi connectivity index (χ3n) is 5.29. The smallest absolute Gasteiger partial charge is 0.261 e. The summed E-state index contributed by atoms with van der Waals surface area (Å²) in [5.74, 6) is -0.377. The quantitative estimate of drug-likeness (QED) is 0.457. The highest BCUT2D eigenvalue weighted by molar-refractivity contribution is 7.90. The average Bonchev–Trinajstić information content (AvgIpc) is 3.19. The van der Waals surface area contributed by atoms with Gasteiger partial charge >= 0.3 is 0 Å². The van der Waals surface area contributed by atoms with E-state index in [9.17, 15) is 13.2 Å². The molecule has 11 heteroatoms. The molecular weight excluding hydrogens is 505 g/mol. The largest absolute Gasteiger partial charge is 0.379 e. The van der Waals surface area contributed by atoms with Crippen LogP contribution in [0.25, 0.3) is 10.2 Å². The summed E-state index contributed by atoms with van der Waals surface area (Å²) in [5.41, 5.74) is 0.899. The number of hydrogen-bond donors (Lipinski definition) is 0. The Morgan fingerprint density at radius 2 is 1.94 bits per heavy atom. The van der Waals surface area contributed by atoms with Gasteiger partial charge in [0.05, 0.1) is 33.9 Å². The van der Waals surface area contributed by atoms with Crippen LogP contribution in [0, 0.1) is 0 Å². The molecule has 1 aromatic heterocycles. The number of ether oxygens (including phenoxy) is 1. The summed E-state index contributed by atoms with van der Waals surface area (Å²) in [6, 6.07) is 11.7. The minimum atomic E-state index is -3.57. The van der Waals surface area contributed by atoms with E-state index in [0.717, 1.165) is 42.5 Å². The van der Waals surface area contributed by atoms with Gasteiger partial charge in [-0.05, 0) is 36.8 Å². The van der Waals surface area contributed by atoms with E-state index in [1.54, 1.807) is 29.2 Å². The van der Waals surface area contributed by atoms with Gasteiger partial charge in [-0.25, -0.2) is 13.4 Å². The van der Waals surface area contributed by atoms with Crippen LogP contribution >= 0.6 is 35.3 Å². The molecule has 0 aliphatic carbocycles. The summed E-state index contributed by atoms with van der Waals surface area (Å²) in [4.78, 5) is 22.2. The van der Waals surface area contributed by atoms with Gasteiger partial charge < -0.3 is 4.74 Å². The van der Waals surface area contributed by atoms with Gasteiger partial charge in [0.15, 0.2) is 15.0 Å². The Kier molecular flexibility index (Phi) is 8.71. The first-order chi connectivity index (χ1) is 15.3. The predicted octanol–water partition coefficient (Wildman–Crippen LogP) is 4.14. The fourth-order valence-electron chi connectivity index (χ4n) is 3.68. The highest BCUT2D eigenvalue weighted by atomic mass is 35.5. The Bertz CT molecular complexity index is 1230. The number of amides is 1. The van der Waals surface area contributed by atoms with Crippen molar-refractivity contribution in [2.24, 2.45) is 0 Å². The van der Waals surface area contributed by atoms with Crippen LogP contribution in [0.4, 0.5) is 5.13 Å². The van der Waals surface area contributed by atoms with Crippen LogP contribution in [0.2, 0.25) is 5.02 Å². The van der Waals surface area contributed by atoms with E-state index in [1.807, 2.05) is 12.1 Å². The Balaban J connectivity index is 0.00000306. The summed E-state index contributed by atoms with van der Waals surface area (Å²) in [6.45, 7) is 4.39. The molecule has 3 aromatic rings. The number of carbonyl (C=O) groups excluding carboxylic acids is 1. The van der Waals surface area contributed by atoms with E-state index in [4.69, 9.17) is 16.3 Å². The van der Waals surface area contributed by atoms with Crippen molar-refractivity contribution in [3.8, 4) is 0 Å². The Labute approximate surface area is 208 Å². The van der Waals surface area contributed by atoms with Gasteiger partial charge in [-0.3, -0.25) is 14.6 Å². The number of carbonyl (C=O) groups is 1. The number of halogens is 2. The fourth-order valence-corrected chi connectivity index (χ4v) is 5.82. The maximum Gasteiger partial charge on any atom is 0.261 e. The normalized spacial score (nSPS) is 14.7. The van der Waals surface area contributed by atoms with E-state index < -0.39 is 9.84 Å². The van der Waals surface area contributed by atoms with Gasteiger partial charge in [0.25, 0.3) is 5.91 Å². The summed E-state index contributed by atoms with van der Waals surface area (Å²) in [6.07, 6.45) is 1.84. The molecule has 1 aliphatic rings. The molecule has 0 bridgehead atoms. The van der Waals surface area contributed by atoms with Crippen LogP contribution in [0.1, 0.15) is 16.8 Å². The van der Waals surface area contributed by atoms with Gasteiger partial charge in [-0.2, -0.15) is 0 Å². The Morgan fingerprint density at radius 1 is 1.21 bits per heavy atom. The minimum absolute atomic E-state index is 0. The minimum Gasteiger partial charge on any atom is -0.379 e. The third kappa shape index (κ3) is 6.23. The van der Waals surface area contributed by atoms with Crippen LogP contribution in [0.15, 0.2) is 47.4 Å². The number of morpholine rings is 1. The first kappa shape index (κ1) is 25.9. The number of aromatic nitrogens is 1. The van der Waals surface area contributed by atoms with Crippen LogP contribution in [-0.4, -0.2) is 69.9 Å². The van der Waals surface area contributed by atoms with Crippen molar-refractivity contribution in [2.45, 2.75) is 11.3 Å². The van der Waals surface area contributed by atoms with E-state index in [1.165, 1.54) is 17.4 Å². The molecule has 178 valence electrons. The standard InChI is InChI=1S/C22H24ClN3O4S2.ClH/c1-32(28,29)20-6-3-2-5-17(20)21(27)26(10-4-9-25-11-13-30-14-12-25)22-24-18-8-7-16(23)15-19(18)31-22;/h2-3,5-8,15H,4,9-14H2,1H3;1H. The van der Waals surface area contributed by atoms with Crippen molar-refractivity contribution in [3.05, 3.63) is 53.1 Å². The maximum atomic E-state index is 13.6. The van der Waals surface area contributed by atoms with Gasteiger partial charge in [0, 0.05) is 37.5 Å². The number of fused-ring (bicyclic) bond motifs is 1. The first-order valence-corrected chi connectivity index (χ1v) is 13.4. The second-order valence-electron chi connectivity index (χ2n) is 7.64. The SMILES string of the molecule is CS(=O)(=O)c1ccccc1C(=O)N(CCCN1CCOCC1)c1nc2ccc(Cl)cc2s1.Cl. The number of thiazole rings is 1. The zero-order valence-corrected chi connectivity index (χ0v) is 21.3. The van der Waals surface area contributed by atoms with Crippen molar-refractivity contribution >= 4 is 66.4 Å². The van der Waals surface area contributed by atoms with Crippen LogP contribution in [0.3, 0.4) is 0 Å². The van der Waals surface area contributed by atoms with Gasteiger partial charge in [0.2, 0.25) is 0 Å². The molecule has 0 N–H and O–H groups in total. The van der Waals surface area contributed by atoms with Crippen LogP contribution in [0.5, 0.6) is 0 Å². The molecule has 0 atom stereocenters. The molecule has 0 unspecified atom stereocenters. The molecule has 4 rings (SSSR count). The van der Waals surface area contributed by atoms with Crippen LogP contribution < -0.4 is 4.90 Å². The van der Waals surface area contributed by atoms with Crippen molar-refractivity contribution in [1.29, 1.82) is 0 Å². The summed E-state index contributed by atoms with van der Waals surface area (Å²) >= 11 is 7.49. The van der Waals surface area contributed by atoms with Gasteiger partial charge in [-0.15, -0.1) is 12.4 Å². The molecule has 33 heavy (non-hydrogen) atoms. The van der Waals surface area contributed by atoms with Gasteiger partial charge in [0.1, 0.15) is 0 Å². The second-order valence-corrected chi connectivity index (χ2v) is 11.1. The number of nitrogens with zero attached hydrogens (tertiary/aromatic N) is 3. The lowest BCUT2D eigenvalue weighted by Gasteiger charge is -2.28. The molecular formula is C22H25Cl2N3O4S2. The lowest BCUT2D eigenvalue weighted by atomic mass is 10.2. The summed E-state index contributed by atoms with van der Waals surface area (Å²) < 4.78 is 30.9. The van der Waals surface area contributed by atoms with E-state index in [0.29, 0.717) is 29.9 Å².